The van der Waals surface area contributed by atoms with Gasteiger partial charge in [-0.05, 0) is 18.2 Å². The van der Waals surface area contributed by atoms with Crippen LogP contribution in [-0.2, 0) is 0 Å². The first-order valence-corrected chi connectivity index (χ1v) is 4.86. The van der Waals surface area contributed by atoms with Crippen LogP contribution in [0.25, 0.3) is 0 Å². The number of benzene rings is 1. The zero-order chi connectivity index (χ0) is 11.8. The largest absolute Gasteiger partial charge is 0.478 e. The van der Waals surface area contributed by atoms with Crippen LogP contribution in [0.2, 0.25) is 0 Å². The van der Waals surface area contributed by atoms with E-state index in [2.05, 4.69) is 15.3 Å². The summed E-state index contributed by atoms with van der Waals surface area (Å²) in [6.45, 7) is 0. The average molecular weight is 229 g/mol. The van der Waals surface area contributed by atoms with E-state index in [4.69, 9.17) is 9.84 Å². The lowest BCUT2D eigenvalue weighted by Crippen LogP contribution is -2.06. The number of carbonyl (C=O) groups is 1. The number of anilines is 2. The number of carboxylic acids is 1. The van der Waals surface area contributed by atoms with E-state index < -0.39 is 5.97 Å². The molecular formula is C11H7N3O3. The van der Waals surface area contributed by atoms with Gasteiger partial charge in [0.2, 0.25) is 0 Å². The van der Waals surface area contributed by atoms with E-state index in [1.54, 1.807) is 12.3 Å². The maximum atomic E-state index is 10.8. The minimum Gasteiger partial charge on any atom is -0.478 e. The summed E-state index contributed by atoms with van der Waals surface area (Å²) in [5.74, 6) is 0.610. The van der Waals surface area contributed by atoms with Gasteiger partial charge in [0, 0.05) is 0 Å². The Hall–Kier alpha value is -2.63. The van der Waals surface area contributed by atoms with Crippen molar-refractivity contribution in [1.29, 1.82) is 0 Å². The molecule has 0 unspecified atom stereocenters. The standard InChI is InChI=1S/C11H7N3O3/c15-11(16)6-1-2-8-7(3-6)14-10-9(17-8)4-12-5-13-10/h1-5H,(H,15,16)(H,12,13,14). The van der Waals surface area contributed by atoms with Crippen LogP contribution in [-0.4, -0.2) is 21.0 Å². The van der Waals surface area contributed by atoms with Crippen molar-refractivity contribution in [3.63, 3.8) is 0 Å². The van der Waals surface area contributed by atoms with Crippen LogP contribution in [0.1, 0.15) is 10.4 Å². The maximum Gasteiger partial charge on any atom is 0.335 e. The molecule has 0 radical (unpaired) electrons. The van der Waals surface area contributed by atoms with E-state index in [0.29, 0.717) is 23.0 Å². The Morgan fingerprint density at radius 2 is 2.24 bits per heavy atom. The fourth-order valence-corrected chi connectivity index (χ4v) is 1.58. The summed E-state index contributed by atoms with van der Waals surface area (Å²) in [6, 6.07) is 4.59. The van der Waals surface area contributed by atoms with Crippen LogP contribution in [0, 0.1) is 0 Å². The summed E-state index contributed by atoms with van der Waals surface area (Å²) in [4.78, 5) is 18.7. The van der Waals surface area contributed by atoms with E-state index in [1.807, 2.05) is 0 Å². The van der Waals surface area contributed by atoms with Crippen LogP contribution in [0.4, 0.5) is 11.5 Å². The third-order valence-corrected chi connectivity index (χ3v) is 2.38. The van der Waals surface area contributed by atoms with Crippen LogP contribution < -0.4 is 10.1 Å². The molecule has 0 atom stereocenters. The Balaban J connectivity index is 2.06. The smallest absolute Gasteiger partial charge is 0.335 e. The number of nitrogens with one attached hydrogen (secondary N) is 1. The molecule has 84 valence electrons. The Labute approximate surface area is 95.9 Å². The molecule has 0 spiro atoms. The first-order chi connectivity index (χ1) is 8.24. The second-order valence-electron chi connectivity index (χ2n) is 3.48. The number of carboxylic acid groups (broad SMARTS) is 1. The first-order valence-electron chi connectivity index (χ1n) is 4.86. The van der Waals surface area contributed by atoms with Gasteiger partial charge in [-0.25, -0.2) is 14.8 Å². The normalized spacial score (nSPS) is 11.8. The number of aromatic carboxylic acids is 1. The summed E-state index contributed by atoms with van der Waals surface area (Å²) in [5.41, 5.74) is 0.772. The van der Waals surface area contributed by atoms with Crippen molar-refractivity contribution >= 4 is 17.5 Å². The summed E-state index contributed by atoms with van der Waals surface area (Å²) in [5, 5.41) is 11.9. The molecule has 0 saturated heterocycles. The van der Waals surface area contributed by atoms with Crippen molar-refractivity contribution in [2.24, 2.45) is 0 Å². The van der Waals surface area contributed by atoms with Gasteiger partial charge in [0.25, 0.3) is 0 Å². The molecule has 0 saturated carbocycles. The molecule has 1 aromatic carbocycles. The Morgan fingerprint density at radius 3 is 3.06 bits per heavy atom. The van der Waals surface area contributed by atoms with E-state index in [1.165, 1.54) is 18.5 Å². The molecule has 2 N–H and O–H groups in total. The van der Waals surface area contributed by atoms with Crippen LogP contribution in [0.5, 0.6) is 11.5 Å². The van der Waals surface area contributed by atoms with E-state index in [9.17, 15) is 4.79 Å². The van der Waals surface area contributed by atoms with Crippen molar-refractivity contribution in [2.45, 2.75) is 0 Å². The maximum absolute atomic E-state index is 10.8. The molecular weight excluding hydrogens is 222 g/mol. The van der Waals surface area contributed by atoms with E-state index >= 15 is 0 Å². The van der Waals surface area contributed by atoms with Crippen LogP contribution in [0.3, 0.4) is 0 Å². The molecule has 2 aromatic rings. The van der Waals surface area contributed by atoms with Gasteiger partial charge in [0.05, 0.1) is 17.4 Å². The predicted molar refractivity (Wildman–Crippen MR) is 58.8 cm³/mol. The lowest BCUT2D eigenvalue weighted by Gasteiger charge is -2.20. The van der Waals surface area contributed by atoms with Crippen molar-refractivity contribution in [1.82, 2.24) is 9.97 Å². The number of hydrogen-bond donors (Lipinski definition) is 2. The van der Waals surface area contributed by atoms with E-state index in [0.717, 1.165) is 0 Å². The minimum absolute atomic E-state index is 0.192. The van der Waals surface area contributed by atoms with Gasteiger partial charge in [0.1, 0.15) is 6.33 Å². The molecule has 0 aliphatic carbocycles. The molecule has 3 rings (SSSR count). The number of aromatic nitrogens is 2. The molecule has 6 nitrogen and oxygen atoms in total. The zero-order valence-electron chi connectivity index (χ0n) is 8.54. The highest BCUT2D eigenvalue weighted by Crippen LogP contribution is 2.40. The quantitative estimate of drug-likeness (QED) is 0.664. The second-order valence-corrected chi connectivity index (χ2v) is 3.48. The Bertz CT molecular complexity index is 613. The lowest BCUT2D eigenvalue weighted by atomic mass is 10.1. The summed E-state index contributed by atoms with van der Waals surface area (Å²) < 4.78 is 5.53. The highest BCUT2D eigenvalue weighted by molar-refractivity contribution is 5.90. The summed E-state index contributed by atoms with van der Waals surface area (Å²) >= 11 is 0. The van der Waals surface area contributed by atoms with Crippen LogP contribution >= 0.6 is 0 Å². The minimum atomic E-state index is -0.983. The molecule has 0 fully saturated rings. The number of hydrogen-bond acceptors (Lipinski definition) is 5. The molecule has 6 heteroatoms. The molecule has 17 heavy (non-hydrogen) atoms. The van der Waals surface area contributed by atoms with Crippen molar-refractivity contribution < 1.29 is 14.6 Å². The third-order valence-electron chi connectivity index (χ3n) is 2.38. The molecule has 0 bridgehead atoms. The van der Waals surface area contributed by atoms with Gasteiger partial charge < -0.3 is 15.2 Å². The van der Waals surface area contributed by atoms with Crippen LogP contribution in [0.15, 0.2) is 30.7 Å². The third kappa shape index (κ3) is 1.55. The highest BCUT2D eigenvalue weighted by Gasteiger charge is 2.18. The second kappa shape index (κ2) is 3.44. The molecule has 2 heterocycles. The van der Waals surface area contributed by atoms with Gasteiger partial charge >= 0.3 is 5.97 Å². The van der Waals surface area contributed by atoms with Gasteiger partial charge in [-0.2, -0.15) is 0 Å². The molecule has 1 aromatic heterocycles. The van der Waals surface area contributed by atoms with Crippen molar-refractivity contribution in [3.8, 4) is 11.5 Å². The Kier molecular flexibility index (Phi) is 1.94. The van der Waals surface area contributed by atoms with E-state index in [-0.39, 0.29) is 5.56 Å². The average Bonchev–Trinajstić information content (AvgIpc) is 2.35. The van der Waals surface area contributed by atoms with Gasteiger partial charge in [-0.3, -0.25) is 0 Å². The summed E-state index contributed by atoms with van der Waals surface area (Å²) in [7, 11) is 0. The number of fused-ring (bicyclic) bond motifs is 2. The van der Waals surface area contributed by atoms with Gasteiger partial charge in [-0.1, -0.05) is 0 Å². The van der Waals surface area contributed by atoms with Crippen molar-refractivity contribution in [2.75, 3.05) is 5.32 Å². The number of ether oxygens (including phenoxy) is 1. The molecule has 1 aliphatic rings. The lowest BCUT2D eigenvalue weighted by molar-refractivity contribution is 0.0697. The fourth-order valence-electron chi connectivity index (χ4n) is 1.58. The molecule has 1 aliphatic heterocycles. The predicted octanol–water partition coefficient (Wildman–Crippen LogP) is 2.02. The number of nitrogens with zero attached hydrogens (tertiary/aromatic N) is 2. The monoisotopic (exact) mass is 229 g/mol. The summed E-state index contributed by atoms with van der Waals surface area (Å²) in [6.07, 6.45) is 2.94. The molecule has 0 amide bonds. The fraction of sp³-hybridized carbons (Fsp3) is 0. The topological polar surface area (TPSA) is 84.3 Å². The van der Waals surface area contributed by atoms with Gasteiger partial charge in [0.15, 0.2) is 17.3 Å². The number of rotatable bonds is 1. The van der Waals surface area contributed by atoms with Crippen molar-refractivity contribution in [3.05, 3.63) is 36.3 Å². The SMILES string of the molecule is O=C(O)c1ccc2c(c1)Nc1ncncc1O2. The Morgan fingerprint density at radius 1 is 1.35 bits per heavy atom. The first kappa shape index (κ1) is 9.59. The zero-order valence-corrected chi connectivity index (χ0v) is 8.54. The van der Waals surface area contributed by atoms with Gasteiger partial charge in [-0.15, -0.1) is 0 Å². The highest BCUT2D eigenvalue weighted by atomic mass is 16.5.